The first-order chi connectivity index (χ1) is 15.8. The number of carbonyl (C=O) groups excluding carboxylic acids is 2. The number of piperazine rings is 1. The Morgan fingerprint density at radius 1 is 1.09 bits per heavy atom. The monoisotopic (exact) mass is 468 g/mol. The number of nitrogens with zero attached hydrogens (tertiary/aromatic N) is 1. The Bertz CT molecular complexity index is 1430. The molecule has 1 unspecified atom stereocenters. The molecule has 1 aromatic heterocycles. The molecule has 0 saturated carbocycles. The minimum absolute atomic E-state index is 0.102. The lowest BCUT2D eigenvalue weighted by atomic mass is 9.85. The Hall–Kier alpha value is -3.57. The summed E-state index contributed by atoms with van der Waals surface area (Å²) in [5, 5.41) is 8.73. The Labute approximate surface area is 188 Å². The number of H-pyrrole nitrogens is 1. The topological polar surface area (TPSA) is 144 Å². The van der Waals surface area contributed by atoms with Crippen molar-refractivity contribution in [2.45, 2.75) is 24.5 Å². The zero-order valence-corrected chi connectivity index (χ0v) is 18.1. The molecular weight excluding hydrogens is 448 g/mol. The number of amides is 2. The van der Waals surface area contributed by atoms with Gasteiger partial charge in [0.05, 0.1) is 11.8 Å². The molecule has 0 radical (unpaired) electrons. The highest BCUT2D eigenvalue weighted by atomic mass is 32.2. The second-order valence-corrected chi connectivity index (χ2v) is 10.1. The van der Waals surface area contributed by atoms with Crippen LogP contribution in [-0.2, 0) is 26.0 Å². The van der Waals surface area contributed by atoms with Gasteiger partial charge in [-0.15, -0.1) is 0 Å². The van der Waals surface area contributed by atoms with Crippen molar-refractivity contribution in [3.8, 4) is 11.5 Å². The molecule has 1 saturated heterocycles. The number of fused-ring (bicyclic) bond motifs is 5. The molecule has 1 fully saturated rings. The Morgan fingerprint density at radius 3 is 2.70 bits per heavy atom. The van der Waals surface area contributed by atoms with Crippen molar-refractivity contribution in [2.24, 2.45) is 5.14 Å². The molecule has 0 bridgehead atoms. The maximum atomic E-state index is 13.5. The lowest BCUT2D eigenvalue weighted by molar-refractivity contribution is -0.151. The smallest absolute Gasteiger partial charge is 0.247 e. The van der Waals surface area contributed by atoms with E-state index >= 15 is 0 Å². The van der Waals surface area contributed by atoms with Crippen molar-refractivity contribution >= 4 is 32.7 Å². The summed E-state index contributed by atoms with van der Waals surface area (Å²) in [6.45, 7) is 0.102. The molecule has 3 atom stereocenters. The van der Waals surface area contributed by atoms with Gasteiger partial charge in [0.1, 0.15) is 12.1 Å². The number of aromatic amines is 1. The van der Waals surface area contributed by atoms with E-state index in [1.54, 1.807) is 12.1 Å². The van der Waals surface area contributed by atoms with Crippen LogP contribution in [0.15, 0.2) is 42.5 Å². The SMILES string of the molecule is NS(=O)(=O)C[C@@H]1NC(=O)C2Cc3c([nH]c4ccccc34)[C@@H](c3ccc4c(c3)OCO4)N2C1=O. The van der Waals surface area contributed by atoms with Crippen LogP contribution in [0.25, 0.3) is 10.9 Å². The molecule has 3 aliphatic rings. The summed E-state index contributed by atoms with van der Waals surface area (Å²) in [7, 11) is -4.00. The zero-order chi connectivity index (χ0) is 22.9. The average Bonchev–Trinajstić information content (AvgIpc) is 3.38. The predicted molar refractivity (Wildman–Crippen MR) is 117 cm³/mol. The summed E-state index contributed by atoms with van der Waals surface area (Å²) in [6.07, 6.45) is 0.306. The van der Waals surface area contributed by atoms with Crippen molar-refractivity contribution in [3.63, 3.8) is 0 Å². The highest BCUT2D eigenvalue weighted by molar-refractivity contribution is 7.89. The van der Waals surface area contributed by atoms with E-state index in [1.807, 2.05) is 30.3 Å². The van der Waals surface area contributed by atoms with Crippen LogP contribution in [0.3, 0.4) is 0 Å². The average molecular weight is 468 g/mol. The van der Waals surface area contributed by atoms with E-state index in [-0.39, 0.29) is 6.79 Å². The number of primary sulfonamides is 1. The van der Waals surface area contributed by atoms with Crippen LogP contribution in [-0.4, -0.2) is 54.7 Å². The van der Waals surface area contributed by atoms with Crippen LogP contribution in [0.1, 0.15) is 22.9 Å². The molecule has 11 heteroatoms. The molecule has 170 valence electrons. The molecule has 3 aliphatic heterocycles. The lowest BCUT2D eigenvalue weighted by Gasteiger charge is -2.46. The molecule has 2 amide bonds. The molecule has 10 nitrogen and oxygen atoms in total. The fraction of sp³-hybridized carbons (Fsp3) is 0.273. The molecule has 0 spiro atoms. The molecule has 4 N–H and O–H groups in total. The van der Waals surface area contributed by atoms with Gasteiger partial charge in [-0.2, -0.15) is 0 Å². The standard InChI is InChI=1S/C22H20N4O6S/c23-33(29,30)9-15-22(28)26-16(21(27)25-15)8-13-12-3-1-2-4-14(12)24-19(13)20(26)11-5-6-17-18(7-11)32-10-31-17/h1-7,15-16,20,24H,8-10H2,(H,25,27)(H2,23,29,30)/t15-,16?,20+/m0/s1. The molecule has 3 aromatic rings. The van der Waals surface area contributed by atoms with Crippen molar-refractivity contribution in [2.75, 3.05) is 12.5 Å². The van der Waals surface area contributed by atoms with E-state index < -0.39 is 45.7 Å². The van der Waals surface area contributed by atoms with Crippen molar-refractivity contribution < 1.29 is 27.5 Å². The normalized spacial score (nSPS) is 23.9. The Morgan fingerprint density at radius 2 is 1.88 bits per heavy atom. The van der Waals surface area contributed by atoms with Crippen LogP contribution < -0.4 is 19.9 Å². The number of rotatable bonds is 3. The summed E-state index contributed by atoms with van der Waals surface area (Å²) in [4.78, 5) is 31.6. The third-order valence-electron chi connectivity index (χ3n) is 6.41. The van der Waals surface area contributed by atoms with E-state index in [2.05, 4.69) is 10.3 Å². The number of ether oxygens (including phenoxy) is 2. The number of aromatic nitrogens is 1. The number of carbonyl (C=O) groups is 2. The van der Waals surface area contributed by atoms with Gasteiger partial charge in [-0.3, -0.25) is 9.59 Å². The van der Waals surface area contributed by atoms with Gasteiger partial charge in [-0.25, -0.2) is 13.6 Å². The molecular formula is C22H20N4O6S. The Balaban J connectivity index is 1.54. The minimum Gasteiger partial charge on any atom is -0.454 e. The molecule has 6 rings (SSSR count). The molecule has 0 aliphatic carbocycles. The highest BCUT2D eigenvalue weighted by Crippen LogP contribution is 2.44. The van der Waals surface area contributed by atoms with Gasteiger partial charge in [-0.05, 0) is 29.3 Å². The largest absolute Gasteiger partial charge is 0.454 e. The molecule has 4 heterocycles. The van der Waals surface area contributed by atoms with Crippen molar-refractivity contribution in [1.29, 1.82) is 0 Å². The van der Waals surface area contributed by atoms with Crippen LogP contribution in [0, 0.1) is 0 Å². The maximum absolute atomic E-state index is 13.5. The van der Waals surface area contributed by atoms with Gasteiger partial charge in [0.2, 0.25) is 28.6 Å². The lowest BCUT2D eigenvalue weighted by Crippen LogP contribution is -2.67. The minimum atomic E-state index is -4.00. The number of para-hydroxylation sites is 1. The van der Waals surface area contributed by atoms with E-state index in [1.165, 1.54) is 4.90 Å². The number of hydrogen-bond acceptors (Lipinski definition) is 6. The van der Waals surface area contributed by atoms with Crippen LogP contribution in [0.5, 0.6) is 11.5 Å². The quantitative estimate of drug-likeness (QED) is 0.511. The van der Waals surface area contributed by atoms with Gasteiger partial charge in [-0.1, -0.05) is 24.3 Å². The Kier molecular flexibility index (Phi) is 4.23. The van der Waals surface area contributed by atoms with Gasteiger partial charge in [0.25, 0.3) is 0 Å². The first-order valence-electron chi connectivity index (χ1n) is 10.4. The third kappa shape index (κ3) is 3.15. The number of nitrogens with one attached hydrogen (secondary N) is 2. The summed E-state index contributed by atoms with van der Waals surface area (Å²) in [6, 6.07) is 10.4. The summed E-state index contributed by atoms with van der Waals surface area (Å²) >= 11 is 0. The number of hydrogen-bond donors (Lipinski definition) is 3. The second kappa shape index (κ2) is 6.96. The first-order valence-corrected chi connectivity index (χ1v) is 12.1. The van der Waals surface area contributed by atoms with E-state index in [9.17, 15) is 18.0 Å². The molecule has 33 heavy (non-hydrogen) atoms. The van der Waals surface area contributed by atoms with Crippen molar-refractivity contribution in [1.82, 2.24) is 15.2 Å². The van der Waals surface area contributed by atoms with Gasteiger partial charge in [0, 0.05) is 23.0 Å². The summed E-state index contributed by atoms with van der Waals surface area (Å²) in [5.74, 6) is -0.445. The molecule has 2 aromatic carbocycles. The van der Waals surface area contributed by atoms with Gasteiger partial charge >= 0.3 is 0 Å². The third-order valence-corrected chi connectivity index (χ3v) is 7.21. The predicted octanol–water partition coefficient (Wildman–Crippen LogP) is 0.526. The fourth-order valence-electron chi connectivity index (χ4n) is 5.05. The number of sulfonamides is 1. The van der Waals surface area contributed by atoms with E-state index in [0.717, 1.165) is 22.2 Å². The fourth-order valence-corrected chi connectivity index (χ4v) is 5.74. The first kappa shape index (κ1) is 20.1. The van der Waals surface area contributed by atoms with Crippen LogP contribution in [0.2, 0.25) is 0 Å². The van der Waals surface area contributed by atoms with E-state index in [4.69, 9.17) is 14.6 Å². The summed E-state index contributed by atoms with van der Waals surface area (Å²) in [5.41, 5.74) is 3.34. The second-order valence-electron chi connectivity index (χ2n) is 8.43. The van der Waals surface area contributed by atoms with Gasteiger partial charge in [0.15, 0.2) is 11.5 Å². The number of nitrogens with two attached hydrogens (primary N) is 1. The number of benzene rings is 2. The highest BCUT2D eigenvalue weighted by Gasteiger charge is 2.49. The van der Waals surface area contributed by atoms with Crippen LogP contribution in [0.4, 0.5) is 0 Å². The van der Waals surface area contributed by atoms with E-state index in [0.29, 0.717) is 23.5 Å². The van der Waals surface area contributed by atoms with Gasteiger partial charge < -0.3 is 24.7 Å². The van der Waals surface area contributed by atoms with Crippen LogP contribution >= 0.6 is 0 Å². The summed E-state index contributed by atoms with van der Waals surface area (Å²) < 4.78 is 34.4. The zero-order valence-electron chi connectivity index (χ0n) is 17.3. The van der Waals surface area contributed by atoms with Crippen molar-refractivity contribution in [3.05, 3.63) is 59.3 Å². The maximum Gasteiger partial charge on any atom is 0.247 e.